The van der Waals surface area contributed by atoms with Crippen molar-refractivity contribution in [2.45, 2.75) is 47.1 Å². The Hall–Kier alpha value is -3.61. The van der Waals surface area contributed by atoms with Crippen LogP contribution in [0.5, 0.6) is 5.75 Å². The molecule has 2 heterocycles. The van der Waals surface area contributed by atoms with Crippen LogP contribution in [0.25, 0.3) is 17.0 Å². The third-order valence-electron chi connectivity index (χ3n) is 6.38. The van der Waals surface area contributed by atoms with Gasteiger partial charge < -0.3 is 14.6 Å². The lowest BCUT2D eigenvalue weighted by Gasteiger charge is -2.35. The molecule has 0 aliphatic carbocycles. The van der Waals surface area contributed by atoms with Gasteiger partial charge in [0, 0.05) is 17.8 Å². The second-order valence-electron chi connectivity index (χ2n) is 9.21. The van der Waals surface area contributed by atoms with Crippen LogP contribution in [0.15, 0.2) is 52.7 Å². The van der Waals surface area contributed by atoms with E-state index >= 15 is 0 Å². The van der Waals surface area contributed by atoms with E-state index in [-0.39, 0.29) is 12.1 Å². The number of methoxy groups -OCH3 is 1. The topological polar surface area (TPSA) is 80.5 Å². The van der Waals surface area contributed by atoms with E-state index in [9.17, 15) is 4.79 Å². The predicted octanol–water partition coefficient (Wildman–Crippen LogP) is 5.91. The van der Waals surface area contributed by atoms with E-state index in [2.05, 4.69) is 50.3 Å². The first-order chi connectivity index (χ1) is 16.3. The summed E-state index contributed by atoms with van der Waals surface area (Å²) in [5.41, 5.74) is 5.78. The Balaban J connectivity index is 1.80. The van der Waals surface area contributed by atoms with Crippen LogP contribution in [0.1, 0.15) is 55.8 Å². The summed E-state index contributed by atoms with van der Waals surface area (Å²) in [5.74, 6) is 2.06. The standard InChI is InChI=1S/C27H32N4O3/c1-16(2)12-13-31-19(5)23(24(28-27(31)32)20-11-10-17(3)18(4)14-20)26-29-25(30-34-26)21-8-7-9-22(15-21)33-6/h7-11,14-16,24H,12-13H2,1-6H3,(H,28,32). The average Bonchev–Trinajstić information content (AvgIpc) is 3.30. The molecule has 1 N–H and O–H groups in total. The predicted molar refractivity (Wildman–Crippen MR) is 132 cm³/mol. The van der Waals surface area contributed by atoms with Gasteiger partial charge in [0.15, 0.2) is 0 Å². The van der Waals surface area contributed by atoms with Crippen molar-refractivity contribution >= 4 is 11.6 Å². The summed E-state index contributed by atoms with van der Waals surface area (Å²) in [5, 5.41) is 7.42. The Bertz CT molecular complexity index is 1230. The molecule has 1 aliphatic rings. The number of allylic oxidation sites excluding steroid dienone is 1. The maximum Gasteiger partial charge on any atom is 0.322 e. The van der Waals surface area contributed by atoms with E-state index in [1.807, 2.05) is 37.3 Å². The minimum atomic E-state index is -0.388. The molecule has 34 heavy (non-hydrogen) atoms. The molecule has 2 aromatic carbocycles. The van der Waals surface area contributed by atoms with E-state index in [1.54, 1.807) is 12.0 Å². The van der Waals surface area contributed by atoms with Gasteiger partial charge >= 0.3 is 6.03 Å². The highest BCUT2D eigenvalue weighted by molar-refractivity contribution is 5.87. The third kappa shape index (κ3) is 4.69. The fraction of sp³-hybridized carbons (Fsp3) is 0.370. The number of benzene rings is 2. The van der Waals surface area contributed by atoms with E-state index in [1.165, 1.54) is 5.56 Å². The molecule has 2 amide bonds. The van der Waals surface area contributed by atoms with E-state index in [0.717, 1.165) is 40.1 Å². The van der Waals surface area contributed by atoms with Crippen molar-refractivity contribution in [1.82, 2.24) is 20.4 Å². The van der Waals surface area contributed by atoms with Crippen LogP contribution < -0.4 is 10.1 Å². The number of hydrogen-bond donors (Lipinski definition) is 1. The number of amides is 2. The number of aryl methyl sites for hydroxylation is 2. The number of rotatable bonds is 7. The van der Waals surface area contributed by atoms with Crippen LogP contribution in [0.2, 0.25) is 0 Å². The van der Waals surface area contributed by atoms with Crippen molar-refractivity contribution in [3.63, 3.8) is 0 Å². The zero-order chi connectivity index (χ0) is 24.4. The summed E-state index contributed by atoms with van der Waals surface area (Å²) in [7, 11) is 1.62. The number of nitrogens with zero attached hydrogens (tertiary/aromatic N) is 3. The second kappa shape index (κ2) is 9.71. The molecule has 3 aromatic rings. The number of hydrogen-bond acceptors (Lipinski definition) is 5. The third-order valence-corrected chi connectivity index (χ3v) is 6.38. The highest BCUT2D eigenvalue weighted by atomic mass is 16.5. The molecule has 0 spiro atoms. The molecule has 1 aromatic heterocycles. The minimum absolute atomic E-state index is 0.113. The SMILES string of the molecule is COc1cccc(-c2noc(C3=C(C)N(CCC(C)C)C(=O)NC3c3ccc(C)c(C)c3)n2)c1. The summed E-state index contributed by atoms with van der Waals surface area (Å²) in [6, 6.07) is 13.3. The fourth-order valence-electron chi connectivity index (χ4n) is 4.12. The first kappa shape index (κ1) is 23.5. The van der Waals surface area contributed by atoms with Gasteiger partial charge in [-0.05, 0) is 61.9 Å². The van der Waals surface area contributed by atoms with Crippen LogP contribution >= 0.6 is 0 Å². The zero-order valence-corrected chi connectivity index (χ0v) is 20.7. The maximum absolute atomic E-state index is 13.1. The zero-order valence-electron chi connectivity index (χ0n) is 20.7. The Morgan fingerprint density at radius 3 is 2.62 bits per heavy atom. The van der Waals surface area contributed by atoms with Gasteiger partial charge in [-0.15, -0.1) is 0 Å². The Labute approximate surface area is 200 Å². The lowest BCUT2D eigenvalue weighted by atomic mass is 9.92. The van der Waals surface area contributed by atoms with Crippen LogP contribution in [-0.2, 0) is 0 Å². The van der Waals surface area contributed by atoms with Gasteiger partial charge in [0.1, 0.15) is 5.75 Å². The molecule has 0 saturated heterocycles. The molecule has 1 atom stereocenters. The first-order valence-electron chi connectivity index (χ1n) is 11.6. The number of urea groups is 1. The van der Waals surface area contributed by atoms with Gasteiger partial charge in [-0.2, -0.15) is 4.98 Å². The van der Waals surface area contributed by atoms with Crippen molar-refractivity contribution in [1.29, 1.82) is 0 Å². The smallest absolute Gasteiger partial charge is 0.322 e. The van der Waals surface area contributed by atoms with Gasteiger partial charge in [0.25, 0.3) is 5.89 Å². The molecule has 0 bridgehead atoms. The van der Waals surface area contributed by atoms with Crippen LogP contribution in [0, 0.1) is 19.8 Å². The summed E-state index contributed by atoms with van der Waals surface area (Å²) in [6.07, 6.45) is 0.894. The van der Waals surface area contributed by atoms with Gasteiger partial charge in [-0.25, -0.2) is 4.79 Å². The molecule has 0 saturated carbocycles. The number of carbonyl (C=O) groups excluding carboxylic acids is 1. The largest absolute Gasteiger partial charge is 0.497 e. The maximum atomic E-state index is 13.1. The van der Waals surface area contributed by atoms with E-state index in [4.69, 9.17) is 14.2 Å². The van der Waals surface area contributed by atoms with Crippen molar-refractivity contribution in [3.8, 4) is 17.1 Å². The molecule has 1 unspecified atom stereocenters. The molecule has 1 aliphatic heterocycles. The second-order valence-corrected chi connectivity index (χ2v) is 9.21. The molecule has 178 valence electrons. The van der Waals surface area contributed by atoms with Gasteiger partial charge in [0.05, 0.1) is 18.7 Å². The quantitative estimate of drug-likeness (QED) is 0.474. The highest BCUT2D eigenvalue weighted by Gasteiger charge is 2.35. The summed E-state index contributed by atoms with van der Waals surface area (Å²) in [6.45, 7) is 11.0. The summed E-state index contributed by atoms with van der Waals surface area (Å²) in [4.78, 5) is 19.6. The molecular formula is C27H32N4O3. The van der Waals surface area contributed by atoms with Crippen LogP contribution in [0.3, 0.4) is 0 Å². The minimum Gasteiger partial charge on any atom is -0.497 e. The Morgan fingerprint density at radius 2 is 1.91 bits per heavy atom. The van der Waals surface area contributed by atoms with E-state index < -0.39 is 0 Å². The van der Waals surface area contributed by atoms with E-state index in [0.29, 0.717) is 24.2 Å². The first-order valence-corrected chi connectivity index (χ1v) is 11.6. The number of carbonyl (C=O) groups is 1. The number of ether oxygens (including phenoxy) is 1. The van der Waals surface area contributed by atoms with Crippen molar-refractivity contribution < 1.29 is 14.1 Å². The number of nitrogens with one attached hydrogen (secondary N) is 1. The lowest BCUT2D eigenvalue weighted by Crippen LogP contribution is -2.46. The Kier molecular flexibility index (Phi) is 6.72. The highest BCUT2D eigenvalue weighted by Crippen LogP contribution is 2.38. The van der Waals surface area contributed by atoms with Crippen molar-refractivity contribution in [3.05, 3.63) is 70.7 Å². The Morgan fingerprint density at radius 1 is 1.12 bits per heavy atom. The number of aromatic nitrogens is 2. The monoisotopic (exact) mass is 460 g/mol. The van der Waals surface area contributed by atoms with Gasteiger partial charge in [0.2, 0.25) is 5.82 Å². The molecule has 7 nitrogen and oxygen atoms in total. The van der Waals surface area contributed by atoms with Crippen molar-refractivity contribution in [2.24, 2.45) is 5.92 Å². The summed E-state index contributed by atoms with van der Waals surface area (Å²) >= 11 is 0. The molecule has 4 rings (SSSR count). The molecular weight excluding hydrogens is 428 g/mol. The summed E-state index contributed by atoms with van der Waals surface area (Å²) < 4.78 is 11.1. The van der Waals surface area contributed by atoms with Gasteiger partial charge in [-0.3, -0.25) is 4.90 Å². The van der Waals surface area contributed by atoms with Crippen LogP contribution in [0.4, 0.5) is 4.79 Å². The van der Waals surface area contributed by atoms with Gasteiger partial charge in [-0.1, -0.05) is 49.3 Å². The molecule has 0 fully saturated rings. The normalized spacial score (nSPS) is 16.3. The average molecular weight is 461 g/mol. The fourth-order valence-corrected chi connectivity index (χ4v) is 4.12. The molecule has 7 heteroatoms. The van der Waals surface area contributed by atoms with Crippen molar-refractivity contribution in [2.75, 3.05) is 13.7 Å². The molecule has 0 radical (unpaired) electrons. The van der Waals surface area contributed by atoms with Crippen LogP contribution in [-0.4, -0.2) is 34.7 Å². The lowest BCUT2D eigenvalue weighted by molar-refractivity contribution is 0.202.